The molecule has 0 bridgehead atoms. The van der Waals surface area contributed by atoms with E-state index in [-0.39, 0.29) is 23.2 Å². The molecule has 4 aliphatic rings. The Balaban J connectivity index is 1.18. The van der Waals surface area contributed by atoms with E-state index in [1.54, 1.807) is 4.90 Å². The molecule has 7 nitrogen and oxygen atoms in total. The van der Waals surface area contributed by atoms with Crippen LogP contribution in [0.5, 0.6) is 5.75 Å². The van der Waals surface area contributed by atoms with Crippen LogP contribution in [0, 0.1) is 28.9 Å². The summed E-state index contributed by atoms with van der Waals surface area (Å²) in [5, 5.41) is 2.25. The number of hydrogen-bond donors (Lipinski definition) is 1. The number of fused-ring (bicyclic) bond motifs is 1. The molecule has 2 aliphatic heterocycles. The van der Waals surface area contributed by atoms with Crippen molar-refractivity contribution in [2.24, 2.45) is 17.3 Å². The van der Waals surface area contributed by atoms with Crippen LogP contribution in [0.4, 0.5) is 33.7 Å². The van der Waals surface area contributed by atoms with E-state index in [1.807, 2.05) is 0 Å². The molecule has 0 radical (unpaired) electrons. The summed E-state index contributed by atoms with van der Waals surface area (Å²) in [5.74, 6) is -3.12. The first-order valence-corrected chi connectivity index (χ1v) is 12.4. The summed E-state index contributed by atoms with van der Waals surface area (Å²) in [6.45, 7) is 2.30. The van der Waals surface area contributed by atoms with Crippen LogP contribution in [0.3, 0.4) is 0 Å². The molecular formula is C25H26F5N3O4. The van der Waals surface area contributed by atoms with Gasteiger partial charge < -0.3 is 24.1 Å². The molecule has 2 unspecified atom stereocenters. The van der Waals surface area contributed by atoms with Crippen LogP contribution >= 0.6 is 0 Å². The molecule has 1 N–H and O–H groups in total. The van der Waals surface area contributed by atoms with Crippen molar-refractivity contribution in [3.63, 3.8) is 0 Å². The number of benzene rings is 1. The van der Waals surface area contributed by atoms with Gasteiger partial charge in [0.1, 0.15) is 12.2 Å². The third-order valence-corrected chi connectivity index (χ3v) is 7.88. The van der Waals surface area contributed by atoms with Gasteiger partial charge in [0.05, 0.1) is 6.10 Å². The van der Waals surface area contributed by atoms with Crippen LogP contribution in [0.1, 0.15) is 48.4 Å². The smallest absolute Gasteiger partial charge is 0.396 e. The molecule has 37 heavy (non-hydrogen) atoms. The van der Waals surface area contributed by atoms with Crippen molar-refractivity contribution in [3.8, 4) is 5.75 Å². The predicted molar refractivity (Wildman–Crippen MR) is 121 cm³/mol. The molecule has 2 saturated carbocycles. The Morgan fingerprint density at radius 1 is 1.11 bits per heavy atom. The number of alkyl halides is 3. The van der Waals surface area contributed by atoms with Crippen molar-refractivity contribution in [3.05, 3.63) is 35.2 Å². The number of nitrogens with one attached hydrogen (secondary N) is 1. The lowest BCUT2D eigenvalue weighted by molar-refractivity contribution is -0.130. The van der Waals surface area contributed by atoms with Gasteiger partial charge >= 0.3 is 6.18 Å². The van der Waals surface area contributed by atoms with Gasteiger partial charge in [-0.25, -0.2) is 8.78 Å². The minimum atomic E-state index is -4.65. The normalized spacial score (nSPS) is 26.1. The Morgan fingerprint density at radius 3 is 2.38 bits per heavy atom. The highest BCUT2D eigenvalue weighted by atomic mass is 19.4. The molecule has 2 saturated heterocycles. The summed E-state index contributed by atoms with van der Waals surface area (Å²) >= 11 is 0. The second-order valence-corrected chi connectivity index (χ2v) is 10.7. The van der Waals surface area contributed by atoms with Crippen molar-refractivity contribution >= 4 is 17.6 Å². The van der Waals surface area contributed by atoms with Gasteiger partial charge in [0.25, 0.3) is 11.9 Å². The number of ether oxygens (including phenoxy) is 2. The quantitative estimate of drug-likeness (QED) is 0.527. The number of oxazole rings is 1. The van der Waals surface area contributed by atoms with Gasteiger partial charge in [-0.3, -0.25) is 4.79 Å². The number of carbonyl (C=O) groups excluding carboxylic acids is 1. The summed E-state index contributed by atoms with van der Waals surface area (Å²) < 4.78 is 85.1. The molecule has 200 valence electrons. The second kappa shape index (κ2) is 8.85. The number of hydrogen-bond acceptors (Lipinski definition) is 6. The first-order chi connectivity index (χ1) is 17.6. The molecule has 1 aromatic heterocycles. The number of carbonyl (C=O) groups is 1. The maximum Gasteiger partial charge on any atom is 0.396 e. The lowest BCUT2D eigenvalue weighted by Crippen LogP contribution is -2.58. The summed E-state index contributed by atoms with van der Waals surface area (Å²) in [6.07, 6.45) is -2.13. The van der Waals surface area contributed by atoms with Crippen LogP contribution in [0.25, 0.3) is 0 Å². The van der Waals surface area contributed by atoms with E-state index in [2.05, 4.69) is 10.3 Å². The van der Waals surface area contributed by atoms with Crippen LogP contribution in [-0.4, -0.2) is 49.5 Å². The van der Waals surface area contributed by atoms with Crippen LogP contribution in [-0.2, 0) is 11.2 Å². The monoisotopic (exact) mass is 527 g/mol. The lowest BCUT2D eigenvalue weighted by Gasteiger charge is -2.51. The van der Waals surface area contributed by atoms with Gasteiger partial charge in [-0.15, -0.1) is 0 Å². The molecule has 2 aromatic rings. The zero-order chi connectivity index (χ0) is 25.9. The standard InChI is InChI=1S/C25H26F5N3O4/c26-17-8-15(9-18(27)21(17)36-16-6-13-5-14(13)7-16)31-22(34)20-19(10-25(28,29)30)37-23(32-20)33-11-24(12-33)1-3-35-4-2-24/h8-9,13-14,16H,1-7,10-12H2,(H,31,34)/t13-,14?,16?/m0/s1. The van der Waals surface area contributed by atoms with Crippen LogP contribution < -0.4 is 15.0 Å². The SMILES string of the molecule is O=C(Nc1cc(F)c(OC2CC3C[C@H]3C2)c(F)c1)c1nc(N2CC3(CCOCC3)C2)oc1CC(F)(F)F. The topological polar surface area (TPSA) is 76.8 Å². The van der Waals surface area contributed by atoms with E-state index < -0.39 is 47.3 Å². The summed E-state index contributed by atoms with van der Waals surface area (Å²) in [7, 11) is 0. The fourth-order valence-corrected chi connectivity index (χ4v) is 5.83. The average Bonchev–Trinajstić information content (AvgIpc) is 3.20. The Hall–Kier alpha value is -2.89. The fraction of sp³-hybridized carbons (Fsp3) is 0.600. The number of amides is 1. The molecule has 12 heteroatoms. The lowest BCUT2D eigenvalue weighted by atomic mass is 9.74. The molecular weight excluding hydrogens is 501 g/mol. The van der Waals surface area contributed by atoms with Crippen molar-refractivity contribution < 1.29 is 40.6 Å². The van der Waals surface area contributed by atoms with Gasteiger partial charge in [-0.05, 0) is 43.9 Å². The number of rotatable bonds is 6. The maximum atomic E-state index is 14.6. The van der Waals surface area contributed by atoms with Crippen molar-refractivity contribution in [2.45, 2.75) is 50.8 Å². The first-order valence-electron chi connectivity index (χ1n) is 12.4. The summed E-state index contributed by atoms with van der Waals surface area (Å²) in [4.78, 5) is 18.6. The Bertz CT molecular complexity index is 1170. The molecule has 2 aliphatic carbocycles. The van der Waals surface area contributed by atoms with E-state index >= 15 is 0 Å². The Morgan fingerprint density at radius 2 is 1.76 bits per heavy atom. The van der Waals surface area contributed by atoms with Crippen LogP contribution in [0.15, 0.2) is 16.5 Å². The molecule has 1 aromatic carbocycles. The van der Waals surface area contributed by atoms with Crippen molar-refractivity contribution in [1.29, 1.82) is 0 Å². The van der Waals surface area contributed by atoms with Crippen molar-refractivity contribution in [1.82, 2.24) is 4.98 Å². The van der Waals surface area contributed by atoms with Gasteiger partial charge in [-0.2, -0.15) is 18.2 Å². The average molecular weight is 527 g/mol. The maximum absolute atomic E-state index is 14.6. The largest absolute Gasteiger partial charge is 0.484 e. The molecule has 3 atom stereocenters. The first kappa shape index (κ1) is 24.4. The molecule has 6 rings (SSSR count). The molecule has 3 heterocycles. The number of anilines is 2. The highest BCUT2D eigenvalue weighted by Crippen LogP contribution is 2.52. The number of halogens is 5. The fourth-order valence-electron chi connectivity index (χ4n) is 5.83. The van der Waals surface area contributed by atoms with Gasteiger partial charge in [0.2, 0.25) is 0 Å². The van der Waals surface area contributed by atoms with Crippen molar-refractivity contribution in [2.75, 3.05) is 36.5 Å². The zero-order valence-corrected chi connectivity index (χ0v) is 19.9. The molecule has 1 amide bonds. The third kappa shape index (κ3) is 4.99. The van der Waals surface area contributed by atoms with Crippen LogP contribution in [0.2, 0.25) is 0 Å². The Labute approximate surface area is 209 Å². The summed E-state index contributed by atoms with van der Waals surface area (Å²) in [6, 6.07) is 1.67. The predicted octanol–water partition coefficient (Wildman–Crippen LogP) is 5.10. The number of nitrogens with zero attached hydrogens (tertiary/aromatic N) is 2. The van der Waals surface area contributed by atoms with E-state index in [0.29, 0.717) is 38.1 Å². The zero-order valence-electron chi connectivity index (χ0n) is 19.9. The van der Waals surface area contributed by atoms with E-state index in [4.69, 9.17) is 13.9 Å². The highest BCUT2D eigenvalue weighted by molar-refractivity contribution is 6.03. The van der Waals surface area contributed by atoms with Gasteiger partial charge in [-0.1, -0.05) is 0 Å². The number of aromatic nitrogens is 1. The van der Waals surface area contributed by atoms with E-state index in [1.165, 1.54) is 0 Å². The van der Waals surface area contributed by atoms with Gasteiger partial charge in [0, 0.05) is 49.5 Å². The Kier molecular flexibility index (Phi) is 5.85. The minimum absolute atomic E-state index is 0.00284. The summed E-state index contributed by atoms with van der Waals surface area (Å²) in [5.41, 5.74) is -0.849. The molecule has 4 fully saturated rings. The second-order valence-electron chi connectivity index (χ2n) is 10.7. The van der Waals surface area contributed by atoms with Gasteiger partial charge in [0.15, 0.2) is 23.1 Å². The van der Waals surface area contributed by atoms with E-state index in [0.717, 1.165) is 44.2 Å². The third-order valence-electron chi connectivity index (χ3n) is 7.88. The minimum Gasteiger partial charge on any atom is -0.484 e. The van der Waals surface area contributed by atoms with E-state index in [9.17, 15) is 26.7 Å². The molecule has 1 spiro atoms. The highest BCUT2D eigenvalue weighted by Gasteiger charge is 2.48.